The van der Waals surface area contributed by atoms with E-state index in [1.165, 1.54) is 5.56 Å². The van der Waals surface area contributed by atoms with Gasteiger partial charge in [0, 0.05) is 6.20 Å². The Hall–Kier alpha value is -1.71. The Morgan fingerprint density at radius 1 is 1.10 bits per heavy atom. The van der Waals surface area contributed by atoms with Gasteiger partial charge in [0.25, 0.3) is 0 Å². The molecular weight excluding hydrogens is 260 g/mol. The maximum atomic E-state index is 9.66. The predicted octanol–water partition coefficient (Wildman–Crippen LogP) is 2.92. The first-order valence-electron chi connectivity index (χ1n) is 7.70. The van der Waals surface area contributed by atoms with Crippen LogP contribution in [0.4, 0.5) is 0 Å². The molecule has 0 bridgehead atoms. The highest BCUT2D eigenvalue weighted by atomic mass is 16.3. The fourth-order valence-electron chi connectivity index (χ4n) is 3.10. The van der Waals surface area contributed by atoms with E-state index in [0.717, 1.165) is 31.5 Å². The standard InChI is InChI=1S/C18H22N2O/c21-16-10-9-14(12-16)13-20-18(15-6-2-1-3-7-15)17-8-4-5-11-19-17/h1-8,11,14,16,18,20-21H,9-10,12-13H2. The summed E-state index contributed by atoms with van der Waals surface area (Å²) < 4.78 is 0. The maximum absolute atomic E-state index is 9.66. The molecule has 1 aromatic carbocycles. The highest BCUT2D eigenvalue weighted by molar-refractivity contribution is 5.27. The van der Waals surface area contributed by atoms with Gasteiger partial charge in [0.05, 0.1) is 17.8 Å². The summed E-state index contributed by atoms with van der Waals surface area (Å²) in [6.07, 6.45) is 4.69. The van der Waals surface area contributed by atoms with Crippen LogP contribution in [0.3, 0.4) is 0 Å². The quantitative estimate of drug-likeness (QED) is 0.886. The molecule has 1 aliphatic rings. The average molecular weight is 282 g/mol. The van der Waals surface area contributed by atoms with Gasteiger partial charge in [-0.15, -0.1) is 0 Å². The van der Waals surface area contributed by atoms with Gasteiger partial charge >= 0.3 is 0 Å². The van der Waals surface area contributed by atoms with E-state index < -0.39 is 0 Å². The topological polar surface area (TPSA) is 45.1 Å². The summed E-state index contributed by atoms with van der Waals surface area (Å²) >= 11 is 0. The lowest BCUT2D eigenvalue weighted by atomic mass is 10.0. The summed E-state index contributed by atoms with van der Waals surface area (Å²) in [6.45, 7) is 0.924. The molecule has 0 amide bonds. The molecule has 3 heteroatoms. The van der Waals surface area contributed by atoms with Gasteiger partial charge in [-0.05, 0) is 49.4 Å². The van der Waals surface area contributed by atoms with E-state index in [0.29, 0.717) is 5.92 Å². The molecule has 3 nitrogen and oxygen atoms in total. The molecule has 1 aliphatic carbocycles. The third kappa shape index (κ3) is 3.69. The summed E-state index contributed by atoms with van der Waals surface area (Å²) in [5.41, 5.74) is 2.27. The van der Waals surface area contributed by atoms with Crippen LogP contribution in [0.2, 0.25) is 0 Å². The van der Waals surface area contributed by atoms with Gasteiger partial charge in [-0.3, -0.25) is 4.98 Å². The maximum Gasteiger partial charge on any atom is 0.0751 e. The molecule has 0 radical (unpaired) electrons. The van der Waals surface area contributed by atoms with Crippen LogP contribution < -0.4 is 5.32 Å². The molecule has 0 saturated heterocycles. The first-order chi connectivity index (χ1) is 10.3. The van der Waals surface area contributed by atoms with E-state index in [-0.39, 0.29) is 12.1 Å². The van der Waals surface area contributed by atoms with Gasteiger partial charge in [-0.25, -0.2) is 0 Å². The molecule has 2 N–H and O–H groups in total. The Kier molecular flexibility index (Phi) is 4.63. The highest BCUT2D eigenvalue weighted by Crippen LogP contribution is 2.26. The van der Waals surface area contributed by atoms with Crippen molar-refractivity contribution in [2.45, 2.75) is 31.4 Å². The molecule has 110 valence electrons. The Labute approximate surface area is 126 Å². The molecule has 3 rings (SSSR count). The molecule has 0 aliphatic heterocycles. The normalized spacial score (nSPS) is 23.1. The largest absolute Gasteiger partial charge is 0.393 e. The summed E-state index contributed by atoms with van der Waals surface area (Å²) in [6, 6.07) is 16.6. The molecule has 1 fully saturated rings. The SMILES string of the molecule is OC1CCC(CNC(c2ccccc2)c2ccccn2)C1. The van der Waals surface area contributed by atoms with Crippen LogP contribution in [0.5, 0.6) is 0 Å². The Balaban J connectivity index is 1.74. The summed E-state index contributed by atoms with van der Waals surface area (Å²) in [5.74, 6) is 0.565. The van der Waals surface area contributed by atoms with Crippen LogP contribution in [-0.2, 0) is 0 Å². The van der Waals surface area contributed by atoms with Crippen molar-refractivity contribution in [1.29, 1.82) is 0 Å². The molecule has 1 saturated carbocycles. The van der Waals surface area contributed by atoms with Crippen LogP contribution >= 0.6 is 0 Å². The average Bonchev–Trinajstić information content (AvgIpc) is 2.95. The van der Waals surface area contributed by atoms with Crippen molar-refractivity contribution in [2.24, 2.45) is 5.92 Å². The van der Waals surface area contributed by atoms with Gasteiger partial charge in [0.1, 0.15) is 0 Å². The summed E-state index contributed by atoms with van der Waals surface area (Å²) in [5, 5.41) is 13.3. The van der Waals surface area contributed by atoms with E-state index in [4.69, 9.17) is 0 Å². The molecule has 1 aromatic heterocycles. The number of hydrogen-bond acceptors (Lipinski definition) is 3. The first kappa shape index (κ1) is 14.2. The number of pyridine rings is 1. The number of aliphatic hydroxyl groups is 1. The molecule has 21 heavy (non-hydrogen) atoms. The van der Waals surface area contributed by atoms with E-state index in [1.54, 1.807) is 0 Å². The van der Waals surface area contributed by atoms with Crippen molar-refractivity contribution in [1.82, 2.24) is 10.3 Å². The number of aromatic nitrogens is 1. The van der Waals surface area contributed by atoms with Crippen molar-refractivity contribution in [3.8, 4) is 0 Å². The van der Waals surface area contributed by atoms with Crippen LogP contribution in [-0.4, -0.2) is 22.7 Å². The van der Waals surface area contributed by atoms with E-state index >= 15 is 0 Å². The number of benzene rings is 1. The molecule has 3 atom stereocenters. The second-order valence-corrected chi connectivity index (χ2v) is 5.84. The van der Waals surface area contributed by atoms with E-state index in [9.17, 15) is 5.11 Å². The van der Waals surface area contributed by atoms with Crippen LogP contribution in [0.25, 0.3) is 0 Å². The number of hydrogen-bond donors (Lipinski definition) is 2. The molecule has 3 unspecified atom stereocenters. The Morgan fingerprint density at radius 2 is 1.90 bits per heavy atom. The Morgan fingerprint density at radius 3 is 2.57 bits per heavy atom. The lowest BCUT2D eigenvalue weighted by molar-refractivity contribution is 0.177. The summed E-state index contributed by atoms with van der Waals surface area (Å²) in [7, 11) is 0. The van der Waals surface area contributed by atoms with E-state index in [2.05, 4.69) is 40.6 Å². The van der Waals surface area contributed by atoms with Crippen LogP contribution in [0, 0.1) is 5.92 Å². The molecule has 0 spiro atoms. The minimum Gasteiger partial charge on any atom is -0.393 e. The summed E-state index contributed by atoms with van der Waals surface area (Å²) in [4.78, 5) is 4.50. The first-order valence-corrected chi connectivity index (χ1v) is 7.70. The van der Waals surface area contributed by atoms with Crippen molar-refractivity contribution in [3.05, 3.63) is 66.0 Å². The third-order valence-electron chi connectivity index (χ3n) is 4.24. The van der Waals surface area contributed by atoms with Gasteiger partial charge in [-0.2, -0.15) is 0 Å². The van der Waals surface area contributed by atoms with Gasteiger partial charge < -0.3 is 10.4 Å². The highest BCUT2D eigenvalue weighted by Gasteiger charge is 2.24. The van der Waals surface area contributed by atoms with Crippen molar-refractivity contribution in [2.75, 3.05) is 6.54 Å². The van der Waals surface area contributed by atoms with Gasteiger partial charge in [0.2, 0.25) is 0 Å². The molecular formula is C18H22N2O. The zero-order chi connectivity index (χ0) is 14.5. The molecule has 1 heterocycles. The van der Waals surface area contributed by atoms with Crippen molar-refractivity contribution in [3.63, 3.8) is 0 Å². The Bertz CT molecular complexity index is 504. The van der Waals surface area contributed by atoms with E-state index in [1.807, 2.05) is 24.4 Å². The number of nitrogens with zero attached hydrogens (tertiary/aromatic N) is 1. The lowest BCUT2D eigenvalue weighted by Gasteiger charge is -2.21. The second-order valence-electron chi connectivity index (χ2n) is 5.84. The molecule has 2 aromatic rings. The zero-order valence-electron chi connectivity index (χ0n) is 12.2. The smallest absolute Gasteiger partial charge is 0.0751 e. The fourth-order valence-corrected chi connectivity index (χ4v) is 3.10. The predicted molar refractivity (Wildman–Crippen MR) is 83.9 cm³/mol. The van der Waals surface area contributed by atoms with Crippen molar-refractivity contribution >= 4 is 0 Å². The van der Waals surface area contributed by atoms with Crippen LogP contribution in [0.1, 0.15) is 36.6 Å². The lowest BCUT2D eigenvalue weighted by Crippen LogP contribution is -2.28. The second kappa shape index (κ2) is 6.83. The zero-order valence-corrected chi connectivity index (χ0v) is 12.2. The third-order valence-corrected chi connectivity index (χ3v) is 4.24. The monoisotopic (exact) mass is 282 g/mol. The number of rotatable bonds is 5. The fraction of sp³-hybridized carbons (Fsp3) is 0.389. The van der Waals surface area contributed by atoms with Gasteiger partial charge in [0.15, 0.2) is 0 Å². The number of aliphatic hydroxyl groups excluding tert-OH is 1. The minimum atomic E-state index is -0.109. The van der Waals surface area contributed by atoms with Gasteiger partial charge in [-0.1, -0.05) is 36.4 Å². The minimum absolute atomic E-state index is 0.109. The van der Waals surface area contributed by atoms with Crippen LogP contribution in [0.15, 0.2) is 54.7 Å². The van der Waals surface area contributed by atoms with Crippen molar-refractivity contribution < 1.29 is 5.11 Å². The number of nitrogens with one attached hydrogen (secondary N) is 1.